The van der Waals surface area contributed by atoms with Gasteiger partial charge in [0.2, 0.25) is 4.96 Å². The third-order valence-electron chi connectivity index (χ3n) is 3.67. The zero-order chi connectivity index (χ0) is 14.4. The predicted molar refractivity (Wildman–Crippen MR) is 67.2 cm³/mol. The molecule has 110 valence electrons. The highest BCUT2D eigenvalue weighted by Crippen LogP contribution is 2.37. The molecule has 9 heteroatoms. The third-order valence-corrected chi connectivity index (χ3v) is 4.78. The summed E-state index contributed by atoms with van der Waals surface area (Å²) >= 11 is 1.10. The van der Waals surface area contributed by atoms with E-state index >= 15 is 0 Å². The molecule has 0 bridgehead atoms. The number of aromatic nitrogens is 4. The van der Waals surface area contributed by atoms with Crippen molar-refractivity contribution < 1.29 is 13.2 Å². The van der Waals surface area contributed by atoms with Crippen LogP contribution in [0.2, 0.25) is 0 Å². The van der Waals surface area contributed by atoms with Gasteiger partial charge in [0, 0.05) is 0 Å². The number of halogens is 3. The van der Waals surface area contributed by atoms with E-state index in [1.807, 2.05) is 0 Å². The molecule has 1 aliphatic rings. The summed E-state index contributed by atoms with van der Waals surface area (Å²) in [5.41, 5.74) is 5.73. The Morgan fingerprint density at radius 3 is 2.35 bits per heavy atom. The quantitative estimate of drug-likeness (QED) is 0.822. The van der Waals surface area contributed by atoms with Crippen LogP contribution in [-0.2, 0) is 11.7 Å². The Hall–Kier alpha value is -1.22. The molecule has 0 spiro atoms. The zero-order valence-electron chi connectivity index (χ0n) is 10.7. The van der Waals surface area contributed by atoms with E-state index in [9.17, 15) is 13.2 Å². The van der Waals surface area contributed by atoms with Crippen molar-refractivity contribution in [3.05, 3.63) is 10.8 Å². The predicted octanol–water partition coefficient (Wildman–Crippen LogP) is 2.71. The Morgan fingerprint density at radius 2 is 1.75 bits per heavy atom. The molecular weight excluding hydrogens is 291 g/mol. The maximum atomic E-state index is 12.8. The van der Waals surface area contributed by atoms with Crippen molar-refractivity contribution in [2.75, 3.05) is 0 Å². The summed E-state index contributed by atoms with van der Waals surface area (Å²) in [4.78, 5) is 0.140. The molecule has 0 amide bonds. The van der Waals surface area contributed by atoms with Crippen LogP contribution in [0.4, 0.5) is 13.2 Å². The van der Waals surface area contributed by atoms with Crippen LogP contribution < -0.4 is 5.73 Å². The fraction of sp³-hybridized carbons (Fsp3) is 0.727. The first-order valence-corrected chi connectivity index (χ1v) is 7.31. The van der Waals surface area contributed by atoms with Crippen molar-refractivity contribution in [3.8, 4) is 0 Å². The molecule has 1 aliphatic carbocycles. The minimum absolute atomic E-state index is 0.140. The summed E-state index contributed by atoms with van der Waals surface area (Å²) in [5.74, 6) is -1.09. The first-order valence-electron chi connectivity index (χ1n) is 6.49. The molecule has 20 heavy (non-hydrogen) atoms. The third kappa shape index (κ3) is 2.28. The van der Waals surface area contributed by atoms with Crippen molar-refractivity contribution >= 4 is 16.3 Å². The Kier molecular flexibility index (Phi) is 3.20. The number of alkyl halides is 3. The SMILES string of the molecule is NC1(c2nn3c(C(F)(F)F)nnc3s2)CCCCCC1. The number of nitrogens with two attached hydrogens (primary N) is 1. The van der Waals surface area contributed by atoms with E-state index in [1.54, 1.807) is 0 Å². The van der Waals surface area contributed by atoms with E-state index in [4.69, 9.17) is 5.73 Å². The zero-order valence-corrected chi connectivity index (χ0v) is 11.5. The van der Waals surface area contributed by atoms with Crippen LogP contribution in [0.15, 0.2) is 0 Å². The van der Waals surface area contributed by atoms with Gasteiger partial charge in [0.1, 0.15) is 5.01 Å². The Labute approximate surface area is 117 Å². The number of rotatable bonds is 1. The average Bonchev–Trinajstić information content (AvgIpc) is 2.85. The second-order valence-electron chi connectivity index (χ2n) is 5.19. The fourth-order valence-electron chi connectivity index (χ4n) is 2.57. The van der Waals surface area contributed by atoms with Crippen molar-refractivity contribution in [2.45, 2.75) is 50.2 Å². The molecule has 0 atom stereocenters. The maximum Gasteiger partial charge on any atom is 0.453 e. The molecule has 2 heterocycles. The maximum absolute atomic E-state index is 12.8. The summed E-state index contributed by atoms with van der Waals surface area (Å²) < 4.78 is 39.1. The minimum Gasteiger partial charge on any atom is -0.319 e. The molecular formula is C11H14F3N5S. The second kappa shape index (κ2) is 4.66. The van der Waals surface area contributed by atoms with E-state index in [-0.39, 0.29) is 4.96 Å². The van der Waals surface area contributed by atoms with Crippen LogP contribution in [0.5, 0.6) is 0 Å². The number of hydrogen-bond donors (Lipinski definition) is 1. The van der Waals surface area contributed by atoms with Crippen LogP contribution in [0.1, 0.15) is 49.4 Å². The van der Waals surface area contributed by atoms with Crippen LogP contribution in [0, 0.1) is 0 Å². The van der Waals surface area contributed by atoms with Gasteiger partial charge in [-0.2, -0.15) is 22.8 Å². The second-order valence-corrected chi connectivity index (χ2v) is 6.15. The van der Waals surface area contributed by atoms with E-state index in [1.165, 1.54) is 0 Å². The van der Waals surface area contributed by atoms with Crippen LogP contribution in [-0.4, -0.2) is 19.8 Å². The molecule has 2 aromatic heterocycles. The molecule has 1 fully saturated rings. The van der Waals surface area contributed by atoms with Gasteiger partial charge in [-0.1, -0.05) is 37.0 Å². The molecule has 0 aliphatic heterocycles. The molecule has 1 saturated carbocycles. The van der Waals surface area contributed by atoms with Crippen molar-refractivity contribution in [3.63, 3.8) is 0 Å². The van der Waals surface area contributed by atoms with E-state index < -0.39 is 17.5 Å². The molecule has 3 rings (SSSR count). The summed E-state index contributed by atoms with van der Waals surface area (Å²) in [6.07, 6.45) is 1.10. The monoisotopic (exact) mass is 305 g/mol. The Bertz CT molecular complexity index is 609. The highest BCUT2D eigenvalue weighted by atomic mass is 32.1. The molecule has 2 aromatic rings. The molecule has 0 unspecified atom stereocenters. The van der Waals surface area contributed by atoms with Gasteiger partial charge in [-0.15, -0.1) is 10.2 Å². The first-order chi connectivity index (χ1) is 9.40. The van der Waals surface area contributed by atoms with E-state index in [2.05, 4.69) is 15.3 Å². The molecule has 5 nitrogen and oxygen atoms in total. The van der Waals surface area contributed by atoms with Crippen LogP contribution in [0.3, 0.4) is 0 Å². The van der Waals surface area contributed by atoms with Gasteiger partial charge >= 0.3 is 6.18 Å². The highest BCUT2D eigenvalue weighted by molar-refractivity contribution is 7.16. The van der Waals surface area contributed by atoms with Gasteiger partial charge in [-0.3, -0.25) is 0 Å². The number of fused-ring (bicyclic) bond motifs is 1. The number of hydrogen-bond acceptors (Lipinski definition) is 5. The summed E-state index contributed by atoms with van der Waals surface area (Å²) in [7, 11) is 0. The lowest BCUT2D eigenvalue weighted by atomic mass is 9.92. The first kappa shape index (κ1) is 13.7. The number of nitrogens with zero attached hydrogens (tertiary/aromatic N) is 4. The lowest BCUT2D eigenvalue weighted by molar-refractivity contribution is -0.146. The van der Waals surface area contributed by atoms with Gasteiger partial charge in [0.15, 0.2) is 0 Å². The van der Waals surface area contributed by atoms with Crippen molar-refractivity contribution in [2.24, 2.45) is 5.73 Å². The van der Waals surface area contributed by atoms with E-state index in [0.29, 0.717) is 5.01 Å². The fourth-order valence-corrected chi connectivity index (χ4v) is 3.57. The minimum atomic E-state index is -4.56. The standard InChI is InChI=1S/C11H14F3N5S/c12-11(13,14)7-16-17-9-19(7)18-8(20-9)10(15)5-3-1-2-4-6-10/h1-6,15H2. The molecule has 0 aromatic carbocycles. The topological polar surface area (TPSA) is 69.1 Å². The van der Waals surface area contributed by atoms with Crippen LogP contribution >= 0.6 is 11.3 Å². The summed E-state index contributed by atoms with van der Waals surface area (Å²) in [6, 6.07) is 0. The average molecular weight is 305 g/mol. The van der Waals surface area contributed by atoms with E-state index in [0.717, 1.165) is 54.4 Å². The van der Waals surface area contributed by atoms with Gasteiger partial charge in [0.05, 0.1) is 5.54 Å². The van der Waals surface area contributed by atoms with Crippen molar-refractivity contribution in [1.82, 2.24) is 19.8 Å². The normalized spacial score (nSPS) is 20.2. The lowest BCUT2D eigenvalue weighted by Crippen LogP contribution is -2.36. The van der Waals surface area contributed by atoms with Gasteiger partial charge in [-0.05, 0) is 12.8 Å². The van der Waals surface area contributed by atoms with Gasteiger partial charge < -0.3 is 5.73 Å². The molecule has 0 radical (unpaired) electrons. The Balaban J connectivity index is 2.02. The summed E-state index contributed by atoms with van der Waals surface area (Å²) in [6.45, 7) is 0. The largest absolute Gasteiger partial charge is 0.453 e. The van der Waals surface area contributed by atoms with Gasteiger partial charge in [-0.25, -0.2) is 0 Å². The summed E-state index contributed by atoms with van der Waals surface area (Å²) in [5, 5.41) is 11.3. The smallest absolute Gasteiger partial charge is 0.319 e. The molecule has 0 saturated heterocycles. The highest BCUT2D eigenvalue weighted by Gasteiger charge is 2.40. The van der Waals surface area contributed by atoms with Gasteiger partial charge in [0.25, 0.3) is 5.82 Å². The van der Waals surface area contributed by atoms with Crippen molar-refractivity contribution in [1.29, 1.82) is 0 Å². The molecule has 2 N–H and O–H groups in total. The Morgan fingerprint density at radius 1 is 1.10 bits per heavy atom. The lowest BCUT2D eigenvalue weighted by Gasteiger charge is -2.24. The van der Waals surface area contributed by atoms with Crippen LogP contribution in [0.25, 0.3) is 4.96 Å².